The van der Waals surface area contributed by atoms with Gasteiger partial charge in [-0.3, -0.25) is 9.89 Å². The minimum atomic E-state index is -0.691. The number of ether oxygens (including phenoxy) is 1. The molecule has 0 unspecified atom stereocenters. The summed E-state index contributed by atoms with van der Waals surface area (Å²) in [6.07, 6.45) is 6.20. The van der Waals surface area contributed by atoms with Gasteiger partial charge in [-0.25, -0.2) is 8.78 Å². The predicted molar refractivity (Wildman–Crippen MR) is 132 cm³/mol. The third kappa shape index (κ3) is 7.42. The van der Waals surface area contributed by atoms with Crippen molar-refractivity contribution in [2.24, 2.45) is 4.99 Å². The van der Waals surface area contributed by atoms with Crippen molar-refractivity contribution in [3.05, 3.63) is 29.8 Å². The SMILES string of the molecule is CN=C(NCCOc1ccc(F)cc1F)NCC1(N2CCCCC2)CCN(C)CC1.I. The van der Waals surface area contributed by atoms with Crippen LogP contribution in [0, 0.1) is 11.6 Å². The predicted octanol–water partition coefficient (Wildman–Crippen LogP) is 3.08. The summed E-state index contributed by atoms with van der Waals surface area (Å²) in [4.78, 5) is 9.41. The number of aliphatic imine (C=N–C) groups is 1. The first kappa shape index (κ1) is 26.1. The van der Waals surface area contributed by atoms with E-state index in [0.717, 1.165) is 38.5 Å². The Bertz CT molecular complexity index is 707. The molecule has 2 aliphatic rings. The molecular weight excluding hydrogens is 515 g/mol. The van der Waals surface area contributed by atoms with Gasteiger partial charge in [-0.1, -0.05) is 6.42 Å². The third-order valence-electron chi connectivity index (χ3n) is 6.30. The molecule has 0 aromatic heterocycles. The van der Waals surface area contributed by atoms with Gasteiger partial charge in [0, 0.05) is 25.2 Å². The Morgan fingerprint density at radius 1 is 1.10 bits per heavy atom. The fraction of sp³-hybridized carbons (Fsp3) is 0.682. The largest absolute Gasteiger partial charge is 0.489 e. The van der Waals surface area contributed by atoms with Crippen LogP contribution in [0.1, 0.15) is 32.1 Å². The topological polar surface area (TPSA) is 52.1 Å². The molecule has 0 saturated carbocycles. The van der Waals surface area contributed by atoms with E-state index < -0.39 is 11.6 Å². The van der Waals surface area contributed by atoms with Gasteiger partial charge < -0.3 is 20.3 Å². The lowest BCUT2D eigenvalue weighted by molar-refractivity contribution is 0.0173. The van der Waals surface area contributed by atoms with E-state index in [0.29, 0.717) is 12.5 Å². The Kier molecular flexibility index (Phi) is 10.7. The molecule has 2 saturated heterocycles. The van der Waals surface area contributed by atoms with Crippen molar-refractivity contribution in [1.29, 1.82) is 0 Å². The number of piperidine rings is 2. The van der Waals surface area contributed by atoms with Crippen LogP contribution in [0.2, 0.25) is 0 Å². The van der Waals surface area contributed by atoms with Crippen LogP contribution in [0.15, 0.2) is 23.2 Å². The van der Waals surface area contributed by atoms with Gasteiger partial charge in [0.2, 0.25) is 0 Å². The highest BCUT2D eigenvalue weighted by Gasteiger charge is 2.39. The Balaban J connectivity index is 0.00000341. The van der Waals surface area contributed by atoms with Crippen molar-refractivity contribution in [3.63, 3.8) is 0 Å². The van der Waals surface area contributed by atoms with Crippen LogP contribution in [0.3, 0.4) is 0 Å². The Morgan fingerprint density at radius 3 is 2.45 bits per heavy atom. The first-order valence-corrected chi connectivity index (χ1v) is 11.0. The lowest BCUT2D eigenvalue weighted by Gasteiger charge is -2.50. The number of halogens is 3. The van der Waals surface area contributed by atoms with Crippen LogP contribution in [0.25, 0.3) is 0 Å². The summed E-state index contributed by atoms with van der Waals surface area (Å²) in [6, 6.07) is 3.32. The molecule has 0 aliphatic carbocycles. The number of benzene rings is 1. The maximum Gasteiger partial charge on any atom is 0.191 e. The van der Waals surface area contributed by atoms with Gasteiger partial charge in [0.1, 0.15) is 12.4 Å². The number of hydrogen-bond donors (Lipinski definition) is 2. The van der Waals surface area contributed by atoms with Crippen molar-refractivity contribution >= 4 is 29.9 Å². The lowest BCUT2D eigenvalue weighted by Crippen LogP contribution is -2.62. The van der Waals surface area contributed by atoms with Crippen LogP contribution in [0.5, 0.6) is 5.75 Å². The van der Waals surface area contributed by atoms with Crippen LogP contribution < -0.4 is 15.4 Å². The van der Waals surface area contributed by atoms with Crippen molar-refractivity contribution in [1.82, 2.24) is 20.4 Å². The maximum absolute atomic E-state index is 13.6. The van der Waals surface area contributed by atoms with Gasteiger partial charge >= 0.3 is 0 Å². The third-order valence-corrected chi connectivity index (χ3v) is 6.30. The molecule has 31 heavy (non-hydrogen) atoms. The minimum Gasteiger partial charge on any atom is -0.489 e. The molecule has 9 heteroatoms. The molecular formula is C22H36F2IN5O. The number of likely N-dealkylation sites (tertiary alicyclic amines) is 2. The zero-order chi connectivity index (χ0) is 21.4. The summed E-state index contributed by atoms with van der Waals surface area (Å²) >= 11 is 0. The molecule has 0 amide bonds. The van der Waals surface area contributed by atoms with Crippen LogP contribution in [0.4, 0.5) is 8.78 Å². The van der Waals surface area contributed by atoms with E-state index in [4.69, 9.17) is 4.74 Å². The number of rotatable bonds is 7. The van der Waals surface area contributed by atoms with Gasteiger partial charge in [0.25, 0.3) is 0 Å². The second-order valence-corrected chi connectivity index (χ2v) is 8.35. The summed E-state index contributed by atoms with van der Waals surface area (Å²) in [5, 5.41) is 6.74. The zero-order valence-corrected chi connectivity index (χ0v) is 21.0. The van der Waals surface area contributed by atoms with Crippen LogP contribution >= 0.6 is 24.0 Å². The molecule has 1 aromatic carbocycles. The molecule has 2 fully saturated rings. The molecule has 0 spiro atoms. The highest BCUT2D eigenvalue weighted by molar-refractivity contribution is 14.0. The van der Waals surface area contributed by atoms with Gasteiger partial charge in [-0.15, -0.1) is 24.0 Å². The van der Waals surface area contributed by atoms with Crippen LogP contribution in [-0.4, -0.2) is 81.3 Å². The standard InChI is InChI=1S/C22H35F2N5O.HI/c1-25-21(26-10-15-30-20-7-6-18(23)16-19(20)24)27-17-22(8-13-28(2)14-9-22)29-11-4-3-5-12-29;/h6-7,16H,3-5,8-15,17H2,1-2H3,(H2,25,26,27);1H. The van der Waals surface area contributed by atoms with Crippen molar-refractivity contribution in [3.8, 4) is 5.75 Å². The molecule has 2 aliphatic heterocycles. The average Bonchev–Trinajstić information content (AvgIpc) is 2.76. The molecule has 3 rings (SSSR count). The van der Waals surface area contributed by atoms with E-state index in [1.807, 2.05) is 0 Å². The Hall–Kier alpha value is -1.20. The quantitative estimate of drug-likeness (QED) is 0.236. The summed E-state index contributed by atoms with van der Waals surface area (Å²) < 4.78 is 32.0. The second-order valence-electron chi connectivity index (χ2n) is 8.35. The van der Waals surface area contributed by atoms with Gasteiger partial charge in [-0.05, 0) is 71.0 Å². The summed E-state index contributed by atoms with van der Waals surface area (Å²) in [5.74, 6) is -0.535. The van der Waals surface area contributed by atoms with E-state index in [1.54, 1.807) is 7.05 Å². The molecule has 1 aromatic rings. The first-order valence-electron chi connectivity index (χ1n) is 11.0. The van der Waals surface area contributed by atoms with E-state index in [1.165, 1.54) is 44.5 Å². The van der Waals surface area contributed by atoms with E-state index >= 15 is 0 Å². The smallest absolute Gasteiger partial charge is 0.191 e. The van der Waals surface area contributed by atoms with Gasteiger partial charge in [0.05, 0.1) is 6.54 Å². The van der Waals surface area contributed by atoms with Crippen molar-refractivity contribution in [2.45, 2.75) is 37.6 Å². The van der Waals surface area contributed by atoms with Crippen LogP contribution in [-0.2, 0) is 0 Å². The Labute approximate surface area is 201 Å². The van der Waals surface area contributed by atoms with Crippen molar-refractivity contribution < 1.29 is 13.5 Å². The highest BCUT2D eigenvalue weighted by atomic mass is 127. The zero-order valence-electron chi connectivity index (χ0n) is 18.6. The molecule has 0 bridgehead atoms. The number of nitrogens with zero attached hydrogens (tertiary/aromatic N) is 3. The fourth-order valence-electron chi connectivity index (χ4n) is 4.40. The minimum absolute atomic E-state index is 0. The van der Waals surface area contributed by atoms with E-state index in [2.05, 4.69) is 32.5 Å². The lowest BCUT2D eigenvalue weighted by atomic mass is 9.84. The average molecular weight is 551 g/mol. The molecule has 0 radical (unpaired) electrons. The number of guanidine groups is 1. The Morgan fingerprint density at radius 2 is 1.81 bits per heavy atom. The maximum atomic E-state index is 13.6. The normalized spacial score (nSPS) is 20.1. The molecule has 6 nitrogen and oxygen atoms in total. The summed E-state index contributed by atoms with van der Waals surface area (Å²) in [5.41, 5.74) is 0.165. The highest BCUT2D eigenvalue weighted by Crippen LogP contribution is 2.30. The number of nitrogens with one attached hydrogen (secondary N) is 2. The van der Waals surface area contributed by atoms with E-state index in [9.17, 15) is 8.78 Å². The van der Waals surface area contributed by atoms with E-state index in [-0.39, 0.29) is 41.9 Å². The summed E-state index contributed by atoms with van der Waals surface area (Å²) in [6.45, 7) is 6.15. The van der Waals surface area contributed by atoms with Gasteiger partial charge in [0.15, 0.2) is 17.5 Å². The fourth-order valence-corrected chi connectivity index (χ4v) is 4.40. The van der Waals surface area contributed by atoms with Crippen molar-refractivity contribution in [2.75, 3.05) is 60.0 Å². The number of hydrogen-bond acceptors (Lipinski definition) is 4. The summed E-state index contributed by atoms with van der Waals surface area (Å²) in [7, 11) is 3.94. The molecule has 176 valence electrons. The molecule has 2 heterocycles. The first-order chi connectivity index (χ1) is 14.5. The molecule has 2 N–H and O–H groups in total. The van der Waals surface area contributed by atoms with Gasteiger partial charge in [-0.2, -0.15) is 0 Å². The molecule has 0 atom stereocenters. The second kappa shape index (κ2) is 12.7. The monoisotopic (exact) mass is 551 g/mol.